The van der Waals surface area contributed by atoms with Gasteiger partial charge in [0, 0.05) is 31.3 Å². The summed E-state index contributed by atoms with van der Waals surface area (Å²) in [6, 6.07) is 7.19. The lowest BCUT2D eigenvalue weighted by Crippen LogP contribution is -2.48. The SMILES string of the molecule is CC(N)C(c1cccc(F)c1)N(CCCO)C1CCC1. The van der Waals surface area contributed by atoms with Crippen molar-refractivity contribution in [1.29, 1.82) is 0 Å². The molecule has 1 aromatic rings. The van der Waals surface area contributed by atoms with E-state index in [2.05, 4.69) is 4.90 Å². The number of nitrogens with zero attached hydrogens (tertiary/aromatic N) is 1. The summed E-state index contributed by atoms with van der Waals surface area (Å²) in [6.07, 6.45) is 4.32. The molecule has 1 aliphatic rings. The van der Waals surface area contributed by atoms with Crippen LogP contribution in [0.2, 0.25) is 0 Å². The normalized spacial score (nSPS) is 18.9. The third kappa shape index (κ3) is 3.57. The molecule has 3 N–H and O–H groups in total. The van der Waals surface area contributed by atoms with Crippen LogP contribution in [0.15, 0.2) is 24.3 Å². The standard InChI is InChI=1S/C16H25FN2O/c1-12(18)16(13-5-2-6-14(17)11-13)19(9-4-10-20)15-7-3-8-15/h2,5-6,11-12,15-16,20H,3-4,7-10,18H2,1H3. The van der Waals surface area contributed by atoms with Crippen molar-refractivity contribution < 1.29 is 9.50 Å². The number of rotatable bonds is 7. The van der Waals surface area contributed by atoms with E-state index in [1.165, 1.54) is 25.3 Å². The highest BCUT2D eigenvalue weighted by molar-refractivity contribution is 5.22. The molecule has 0 amide bonds. The van der Waals surface area contributed by atoms with Gasteiger partial charge in [0.15, 0.2) is 0 Å². The molecule has 1 aliphatic carbocycles. The van der Waals surface area contributed by atoms with Gasteiger partial charge in [-0.3, -0.25) is 4.90 Å². The van der Waals surface area contributed by atoms with Crippen LogP contribution in [0.5, 0.6) is 0 Å². The molecule has 0 radical (unpaired) electrons. The molecule has 1 aromatic carbocycles. The minimum atomic E-state index is -0.219. The van der Waals surface area contributed by atoms with Crippen molar-refractivity contribution >= 4 is 0 Å². The van der Waals surface area contributed by atoms with E-state index in [0.717, 1.165) is 18.5 Å². The van der Waals surface area contributed by atoms with Gasteiger partial charge in [-0.15, -0.1) is 0 Å². The average molecular weight is 280 g/mol. The van der Waals surface area contributed by atoms with Crippen molar-refractivity contribution in [3.05, 3.63) is 35.6 Å². The van der Waals surface area contributed by atoms with Crippen LogP contribution in [-0.2, 0) is 0 Å². The van der Waals surface area contributed by atoms with Gasteiger partial charge in [0.1, 0.15) is 5.82 Å². The summed E-state index contributed by atoms with van der Waals surface area (Å²) in [5.41, 5.74) is 7.12. The second-order valence-corrected chi connectivity index (χ2v) is 5.76. The van der Waals surface area contributed by atoms with E-state index in [9.17, 15) is 4.39 Å². The monoisotopic (exact) mass is 280 g/mol. The maximum Gasteiger partial charge on any atom is 0.123 e. The van der Waals surface area contributed by atoms with Gasteiger partial charge < -0.3 is 10.8 Å². The Morgan fingerprint density at radius 3 is 2.70 bits per heavy atom. The van der Waals surface area contributed by atoms with Crippen LogP contribution in [0, 0.1) is 5.82 Å². The smallest absolute Gasteiger partial charge is 0.123 e. The van der Waals surface area contributed by atoms with Crippen LogP contribution in [-0.4, -0.2) is 35.2 Å². The maximum absolute atomic E-state index is 13.5. The molecule has 0 heterocycles. The van der Waals surface area contributed by atoms with Crippen LogP contribution >= 0.6 is 0 Å². The molecule has 0 saturated heterocycles. The molecule has 2 unspecified atom stereocenters. The Labute approximate surface area is 120 Å². The van der Waals surface area contributed by atoms with E-state index in [-0.39, 0.29) is 24.5 Å². The number of hydrogen-bond acceptors (Lipinski definition) is 3. The Morgan fingerprint density at radius 2 is 2.20 bits per heavy atom. The zero-order chi connectivity index (χ0) is 14.5. The second-order valence-electron chi connectivity index (χ2n) is 5.76. The third-order valence-electron chi connectivity index (χ3n) is 4.16. The van der Waals surface area contributed by atoms with Crippen LogP contribution in [0.4, 0.5) is 4.39 Å². The Hall–Kier alpha value is -0.970. The Balaban J connectivity index is 2.23. The number of halogens is 1. The second kappa shape index (κ2) is 7.16. The highest BCUT2D eigenvalue weighted by Gasteiger charge is 2.32. The van der Waals surface area contributed by atoms with Crippen molar-refractivity contribution in [2.24, 2.45) is 5.73 Å². The van der Waals surface area contributed by atoms with E-state index in [1.54, 1.807) is 12.1 Å². The highest BCUT2D eigenvalue weighted by Crippen LogP contribution is 2.34. The average Bonchev–Trinajstić information content (AvgIpc) is 2.33. The van der Waals surface area contributed by atoms with E-state index < -0.39 is 0 Å². The van der Waals surface area contributed by atoms with Gasteiger partial charge in [-0.25, -0.2) is 4.39 Å². The van der Waals surface area contributed by atoms with Crippen LogP contribution < -0.4 is 5.73 Å². The van der Waals surface area contributed by atoms with Gasteiger partial charge >= 0.3 is 0 Å². The van der Waals surface area contributed by atoms with Crippen molar-refractivity contribution in [2.45, 2.75) is 50.7 Å². The van der Waals surface area contributed by atoms with E-state index in [0.29, 0.717) is 6.04 Å². The predicted octanol–water partition coefficient (Wildman–Crippen LogP) is 2.45. The molecular weight excluding hydrogens is 255 g/mol. The van der Waals surface area contributed by atoms with Crippen molar-refractivity contribution in [2.75, 3.05) is 13.2 Å². The van der Waals surface area contributed by atoms with Gasteiger partial charge in [-0.2, -0.15) is 0 Å². The van der Waals surface area contributed by atoms with Crippen LogP contribution in [0.25, 0.3) is 0 Å². The van der Waals surface area contributed by atoms with Crippen LogP contribution in [0.3, 0.4) is 0 Å². The Kier molecular flexibility index (Phi) is 5.52. The molecule has 1 saturated carbocycles. The number of hydrogen-bond donors (Lipinski definition) is 2. The van der Waals surface area contributed by atoms with Crippen molar-refractivity contribution in [3.8, 4) is 0 Å². The first kappa shape index (κ1) is 15.4. The lowest BCUT2D eigenvalue weighted by atomic mass is 9.87. The molecule has 0 spiro atoms. The minimum absolute atomic E-state index is 0.0162. The number of aliphatic hydroxyl groups is 1. The zero-order valence-electron chi connectivity index (χ0n) is 12.1. The molecule has 4 heteroatoms. The molecule has 1 fully saturated rings. The van der Waals surface area contributed by atoms with E-state index in [4.69, 9.17) is 10.8 Å². The summed E-state index contributed by atoms with van der Waals surface area (Å²) in [5, 5.41) is 9.10. The summed E-state index contributed by atoms with van der Waals surface area (Å²) in [7, 11) is 0. The Morgan fingerprint density at radius 1 is 1.45 bits per heavy atom. The topological polar surface area (TPSA) is 49.5 Å². The number of aliphatic hydroxyl groups excluding tert-OH is 1. The Bertz CT molecular complexity index is 421. The summed E-state index contributed by atoms with van der Waals surface area (Å²) in [4.78, 5) is 2.36. The van der Waals surface area contributed by atoms with Crippen molar-refractivity contribution in [3.63, 3.8) is 0 Å². The van der Waals surface area contributed by atoms with E-state index in [1.807, 2.05) is 13.0 Å². The zero-order valence-corrected chi connectivity index (χ0v) is 12.1. The van der Waals surface area contributed by atoms with Gasteiger partial charge in [0.05, 0.1) is 0 Å². The molecule has 0 bridgehead atoms. The van der Waals surface area contributed by atoms with Gasteiger partial charge in [0.25, 0.3) is 0 Å². The molecule has 0 aliphatic heterocycles. The lowest BCUT2D eigenvalue weighted by molar-refractivity contribution is 0.0611. The molecule has 2 rings (SSSR count). The molecule has 2 atom stereocenters. The first-order chi connectivity index (χ1) is 9.63. The lowest BCUT2D eigenvalue weighted by Gasteiger charge is -2.44. The fraction of sp³-hybridized carbons (Fsp3) is 0.625. The molecule has 3 nitrogen and oxygen atoms in total. The fourth-order valence-electron chi connectivity index (χ4n) is 3.01. The van der Waals surface area contributed by atoms with Gasteiger partial charge in [-0.1, -0.05) is 18.6 Å². The first-order valence-electron chi connectivity index (χ1n) is 7.51. The quantitative estimate of drug-likeness (QED) is 0.806. The van der Waals surface area contributed by atoms with Gasteiger partial charge in [-0.05, 0) is 43.9 Å². The predicted molar refractivity (Wildman–Crippen MR) is 78.8 cm³/mol. The van der Waals surface area contributed by atoms with Crippen LogP contribution in [0.1, 0.15) is 44.2 Å². The van der Waals surface area contributed by atoms with Gasteiger partial charge in [0.2, 0.25) is 0 Å². The number of benzene rings is 1. The summed E-state index contributed by atoms with van der Waals surface area (Å²) in [5.74, 6) is -0.219. The maximum atomic E-state index is 13.5. The third-order valence-corrected chi connectivity index (χ3v) is 4.16. The largest absolute Gasteiger partial charge is 0.396 e. The van der Waals surface area contributed by atoms with E-state index >= 15 is 0 Å². The number of nitrogens with two attached hydrogens (primary N) is 1. The fourth-order valence-corrected chi connectivity index (χ4v) is 3.01. The summed E-state index contributed by atoms with van der Waals surface area (Å²) >= 11 is 0. The summed E-state index contributed by atoms with van der Waals surface area (Å²) < 4.78 is 13.5. The molecule has 20 heavy (non-hydrogen) atoms. The summed E-state index contributed by atoms with van der Waals surface area (Å²) in [6.45, 7) is 2.96. The molecule has 0 aromatic heterocycles. The molecule has 112 valence electrons. The first-order valence-corrected chi connectivity index (χ1v) is 7.51. The molecular formula is C16H25FN2O. The van der Waals surface area contributed by atoms with Crippen molar-refractivity contribution in [1.82, 2.24) is 4.90 Å². The minimum Gasteiger partial charge on any atom is -0.396 e. The highest BCUT2D eigenvalue weighted by atomic mass is 19.1.